The summed E-state index contributed by atoms with van der Waals surface area (Å²) in [6.07, 6.45) is 0.927. The number of anilines is 2. The average molecular weight is 305 g/mol. The van der Waals surface area contributed by atoms with Gasteiger partial charge >= 0.3 is 0 Å². The fourth-order valence-electron chi connectivity index (χ4n) is 2.12. The molecule has 0 unspecified atom stereocenters. The minimum absolute atomic E-state index is 0.768. The lowest BCUT2D eigenvalue weighted by atomic mass is 10.1. The minimum atomic E-state index is 0.768. The average Bonchev–Trinajstić information content (AvgIpc) is 2.46. The topological polar surface area (TPSA) is 49.8 Å². The monoisotopic (exact) mass is 304 g/mol. The van der Waals surface area contributed by atoms with Crippen molar-refractivity contribution in [3.8, 4) is 0 Å². The van der Waals surface area contributed by atoms with Gasteiger partial charge < -0.3 is 10.6 Å². The third-order valence-corrected chi connectivity index (χ3v) is 3.47. The molecule has 2 N–H and O–H groups in total. The van der Waals surface area contributed by atoms with Crippen LogP contribution in [0.3, 0.4) is 0 Å². The maximum atomic E-state index is 5.89. The quantitative estimate of drug-likeness (QED) is 0.851. The Morgan fingerprint density at radius 2 is 1.62 bits per heavy atom. The van der Waals surface area contributed by atoms with E-state index in [0.717, 1.165) is 47.6 Å². The summed E-state index contributed by atoms with van der Waals surface area (Å²) in [5.41, 5.74) is 2.31. The van der Waals surface area contributed by atoms with Gasteiger partial charge in [0.05, 0.1) is 0 Å². The van der Waals surface area contributed by atoms with Crippen molar-refractivity contribution in [1.29, 1.82) is 0 Å². The maximum Gasteiger partial charge on any atom is 0.134 e. The van der Waals surface area contributed by atoms with E-state index in [1.54, 1.807) is 0 Å². The molecule has 112 valence electrons. The van der Waals surface area contributed by atoms with E-state index in [-0.39, 0.29) is 0 Å². The van der Waals surface area contributed by atoms with E-state index in [2.05, 4.69) is 27.5 Å². The van der Waals surface area contributed by atoms with Crippen molar-refractivity contribution in [2.45, 2.75) is 27.2 Å². The highest BCUT2D eigenvalue weighted by Gasteiger charge is 2.08. The van der Waals surface area contributed by atoms with Gasteiger partial charge in [-0.3, -0.25) is 0 Å². The summed E-state index contributed by atoms with van der Waals surface area (Å²) in [5.74, 6) is 2.57. The van der Waals surface area contributed by atoms with Crippen LogP contribution in [0, 0.1) is 13.8 Å². The normalized spacial score (nSPS) is 10.5. The molecule has 1 heterocycles. The first-order valence-corrected chi connectivity index (χ1v) is 7.55. The van der Waals surface area contributed by atoms with Gasteiger partial charge in [0.1, 0.15) is 17.5 Å². The molecule has 1 aromatic carbocycles. The van der Waals surface area contributed by atoms with Crippen molar-refractivity contribution in [2.24, 2.45) is 0 Å². The minimum Gasteiger partial charge on any atom is -0.370 e. The summed E-state index contributed by atoms with van der Waals surface area (Å²) in [7, 11) is 0. The fraction of sp³-hybridized carbons (Fsp3) is 0.375. The molecule has 0 saturated carbocycles. The Labute approximate surface area is 131 Å². The van der Waals surface area contributed by atoms with Crippen LogP contribution >= 0.6 is 11.6 Å². The maximum absolute atomic E-state index is 5.89. The molecule has 0 fully saturated rings. The number of hydrogen-bond acceptors (Lipinski definition) is 4. The Morgan fingerprint density at radius 1 is 1.00 bits per heavy atom. The second-order valence-corrected chi connectivity index (χ2v) is 5.36. The van der Waals surface area contributed by atoms with Crippen LogP contribution in [-0.4, -0.2) is 23.1 Å². The number of benzene rings is 1. The van der Waals surface area contributed by atoms with Gasteiger partial charge in [0, 0.05) is 23.7 Å². The highest BCUT2D eigenvalue weighted by atomic mass is 35.5. The van der Waals surface area contributed by atoms with E-state index < -0.39 is 0 Å². The van der Waals surface area contributed by atoms with Crippen LogP contribution in [0.1, 0.15) is 23.9 Å². The summed E-state index contributed by atoms with van der Waals surface area (Å²) in [5, 5.41) is 7.43. The highest BCUT2D eigenvalue weighted by Crippen LogP contribution is 2.19. The molecular formula is C16H21ClN4. The molecule has 21 heavy (non-hydrogen) atoms. The number of nitrogens with zero attached hydrogens (tertiary/aromatic N) is 2. The third-order valence-electron chi connectivity index (χ3n) is 3.22. The van der Waals surface area contributed by atoms with Gasteiger partial charge in [0.25, 0.3) is 0 Å². The van der Waals surface area contributed by atoms with Gasteiger partial charge in [-0.05, 0) is 44.9 Å². The Morgan fingerprint density at radius 3 is 2.24 bits per heavy atom. The number of aryl methyl sites for hydroxylation is 1. The van der Waals surface area contributed by atoms with Gasteiger partial charge in [0.2, 0.25) is 0 Å². The summed E-state index contributed by atoms with van der Waals surface area (Å²) in [4.78, 5) is 8.90. The fourth-order valence-corrected chi connectivity index (χ4v) is 2.24. The number of aromatic nitrogens is 2. The van der Waals surface area contributed by atoms with Crippen molar-refractivity contribution in [3.05, 3.63) is 46.2 Å². The van der Waals surface area contributed by atoms with E-state index in [9.17, 15) is 0 Å². The van der Waals surface area contributed by atoms with E-state index >= 15 is 0 Å². The van der Waals surface area contributed by atoms with Crippen LogP contribution in [0.15, 0.2) is 24.3 Å². The largest absolute Gasteiger partial charge is 0.370 e. The van der Waals surface area contributed by atoms with Crippen LogP contribution in [-0.2, 0) is 6.42 Å². The molecule has 0 saturated heterocycles. The SMILES string of the molecule is CCNc1nc(C)nc(NCCc2ccc(Cl)cc2)c1C. The Hall–Kier alpha value is -1.81. The molecule has 2 aromatic rings. The predicted molar refractivity (Wildman–Crippen MR) is 89.3 cm³/mol. The zero-order valence-corrected chi connectivity index (χ0v) is 13.5. The van der Waals surface area contributed by atoms with Gasteiger partial charge in [-0.2, -0.15) is 0 Å². The molecule has 0 aliphatic rings. The number of halogens is 1. The van der Waals surface area contributed by atoms with Crippen molar-refractivity contribution >= 4 is 23.2 Å². The van der Waals surface area contributed by atoms with E-state index in [4.69, 9.17) is 11.6 Å². The molecule has 0 spiro atoms. The van der Waals surface area contributed by atoms with Gasteiger partial charge in [0.15, 0.2) is 0 Å². The molecule has 1 aromatic heterocycles. The Balaban J connectivity index is 2.01. The molecule has 0 bridgehead atoms. The van der Waals surface area contributed by atoms with Crippen molar-refractivity contribution in [3.63, 3.8) is 0 Å². The van der Waals surface area contributed by atoms with Gasteiger partial charge in [-0.1, -0.05) is 23.7 Å². The van der Waals surface area contributed by atoms with E-state index in [1.807, 2.05) is 38.1 Å². The van der Waals surface area contributed by atoms with Crippen molar-refractivity contribution < 1.29 is 0 Å². The molecule has 0 aliphatic carbocycles. The van der Waals surface area contributed by atoms with Gasteiger partial charge in [-0.25, -0.2) is 9.97 Å². The number of nitrogens with one attached hydrogen (secondary N) is 2. The Bertz CT molecular complexity index is 596. The first-order valence-electron chi connectivity index (χ1n) is 7.17. The lowest BCUT2D eigenvalue weighted by molar-refractivity contribution is 0.966. The van der Waals surface area contributed by atoms with Crippen LogP contribution < -0.4 is 10.6 Å². The molecular weight excluding hydrogens is 284 g/mol. The van der Waals surface area contributed by atoms with Crippen LogP contribution in [0.5, 0.6) is 0 Å². The second kappa shape index (κ2) is 7.27. The number of hydrogen-bond donors (Lipinski definition) is 2. The number of rotatable bonds is 6. The molecule has 5 heteroatoms. The summed E-state index contributed by atoms with van der Waals surface area (Å²) < 4.78 is 0. The van der Waals surface area contributed by atoms with Crippen molar-refractivity contribution in [1.82, 2.24) is 9.97 Å². The molecule has 0 amide bonds. The van der Waals surface area contributed by atoms with E-state index in [1.165, 1.54) is 5.56 Å². The summed E-state index contributed by atoms with van der Waals surface area (Å²) in [6.45, 7) is 7.67. The molecule has 0 atom stereocenters. The van der Waals surface area contributed by atoms with Crippen LogP contribution in [0.25, 0.3) is 0 Å². The van der Waals surface area contributed by atoms with Gasteiger partial charge in [-0.15, -0.1) is 0 Å². The van der Waals surface area contributed by atoms with Crippen LogP contribution in [0.2, 0.25) is 5.02 Å². The standard InChI is InChI=1S/C16H21ClN4/c1-4-18-15-11(2)16(21-12(3)20-15)19-10-9-13-5-7-14(17)8-6-13/h5-8H,4,9-10H2,1-3H3,(H2,18,19,20,21). The summed E-state index contributed by atoms with van der Waals surface area (Å²) in [6, 6.07) is 7.93. The van der Waals surface area contributed by atoms with Crippen LogP contribution in [0.4, 0.5) is 11.6 Å². The summed E-state index contributed by atoms with van der Waals surface area (Å²) >= 11 is 5.89. The van der Waals surface area contributed by atoms with E-state index in [0.29, 0.717) is 0 Å². The molecule has 2 rings (SSSR count). The first kappa shape index (κ1) is 15.6. The highest BCUT2D eigenvalue weighted by molar-refractivity contribution is 6.30. The predicted octanol–water partition coefficient (Wildman–Crippen LogP) is 3.83. The molecule has 0 aliphatic heterocycles. The Kier molecular flexibility index (Phi) is 5.39. The third kappa shape index (κ3) is 4.33. The smallest absolute Gasteiger partial charge is 0.134 e. The molecule has 4 nitrogen and oxygen atoms in total. The van der Waals surface area contributed by atoms with Crippen molar-refractivity contribution in [2.75, 3.05) is 23.7 Å². The molecule has 0 radical (unpaired) electrons. The lowest BCUT2D eigenvalue weighted by Crippen LogP contribution is -2.12. The lowest BCUT2D eigenvalue weighted by Gasteiger charge is -2.13. The zero-order valence-electron chi connectivity index (χ0n) is 12.7. The zero-order chi connectivity index (χ0) is 15.2. The second-order valence-electron chi connectivity index (χ2n) is 4.93. The first-order chi connectivity index (χ1) is 10.1.